The summed E-state index contributed by atoms with van der Waals surface area (Å²) in [5.74, 6) is -3.04. The van der Waals surface area contributed by atoms with Crippen molar-refractivity contribution >= 4 is 29.8 Å². The first-order valence-corrected chi connectivity index (χ1v) is 13.9. The molecule has 3 atom stereocenters. The number of carbonyl (C=O) groups is 5. The molecule has 1 saturated heterocycles. The summed E-state index contributed by atoms with van der Waals surface area (Å²) < 4.78 is 14.9. The molecule has 1 fully saturated rings. The molecule has 2 aromatic rings. The van der Waals surface area contributed by atoms with Crippen LogP contribution in [0.1, 0.15) is 72.4 Å². The van der Waals surface area contributed by atoms with E-state index in [9.17, 15) is 34.2 Å². The molecule has 44 heavy (non-hydrogen) atoms. The summed E-state index contributed by atoms with van der Waals surface area (Å²) in [6.07, 6.45) is 3.07. The van der Waals surface area contributed by atoms with E-state index in [1.807, 2.05) is 32.6 Å². The largest absolute Gasteiger partial charge is 0.478 e. The molecule has 0 saturated carbocycles. The number of hydrogen-bond acceptors (Lipinski definition) is 9. The summed E-state index contributed by atoms with van der Waals surface area (Å²) in [6.45, 7) is 12.4. The molecule has 0 radical (unpaired) electrons. The van der Waals surface area contributed by atoms with Crippen LogP contribution in [0.2, 0.25) is 0 Å². The van der Waals surface area contributed by atoms with Crippen molar-refractivity contribution in [2.24, 2.45) is 0 Å². The highest BCUT2D eigenvalue weighted by Crippen LogP contribution is 2.28. The smallest absolute Gasteiger partial charge is 0.349 e. The van der Waals surface area contributed by atoms with Crippen LogP contribution in [0.5, 0.6) is 0 Å². The standard InChI is InChI=1S/C20H18O8.C13H21NO2/c1-11-3-7-13(8-4-11)19(25)27-15(17(21)22)16(18(23)24)28-20(26)14-9-5-12(2)6-10-14;1-6-13(5)8-7-9-14(13)10-11(15)16-12(2,3)4/h3-10,15-16H,1-2H3,(H,21,22)(H,23,24);1H,7-10H2,2-5H3/t15-,16-;13-/m10/s1. The zero-order valence-corrected chi connectivity index (χ0v) is 25.8. The quantitative estimate of drug-likeness (QED) is 0.240. The third kappa shape index (κ3) is 10.5. The molecule has 1 heterocycles. The minimum atomic E-state index is -2.22. The second-order valence-corrected chi connectivity index (χ2v) is 11.6. The molecule has 0 aliphatic carbocycles. The zero-order chi connectivity index (χ0) is 33.2. The van der Waals surface area contributed by atoms with Gasteiger partial charge in [-0.05, 0) is 78.6 Å². The molecule has 236 valence electrons. The highest BCUT2D eigenvalue weighted by atomic mass is 16.6. The second-order valence-electron chi connectivity index (χ2n) is 11.6. The number of aliphatic carboxylic acids is 2. The number of nitrogens with zero attached hydrogens (tertiary/aromatic N) is 1. The van der Waals surface area contributed by atoms with Crippen molar-refractivity contribution in [1.82, 2.24) is 4.90 Å². The minimum absolute atomic E-state index is 0.0332. The maximum Gasteiger partial charge on any atom is 0.349 e. The van der Waals surface area contributed by atoms with Gasteiger partial charge < -0.3 is 24.4 Å². The van der Waals surface area contributed by atoms with Crippen LogP contribution < -0.4 is 0 Å². The molecule has 0 amide bonds. The van der Waals surface area contributed by atoms with E-state index in [0.717, 1.165) is 30.5 Å². The summed E-state index contributed by atoms with van der Waals surface area (Å²) in [6, 6.07) is 12.1. The van der Waals surface area contributed by atoms with Crippen molar-refractivity contribution < 1.29 is 48.4 Å². The molecule has 3 rings (SSSR count). The van der Waals surface area contributed by atoms with Crippen LogP contribution in [0.4, 0.5) is 0 Å². The summed E-state index contributed by atoms with van der Waals surface area (Å²) in [7, 11) is 0. The average molecular weight is 610 g/mol. The predicted molar refractivity (Wildman–Crippen MR) is 160 cm³/mol. The van der Waals surface area contributed by atoms with Gasteiger partial charge in [0.25, 0.3) is 0 Å². The van der Waals surface area contributed by atoms with Gasteiger partial charge in [-0.15, -0.1) is 6.42 Å². The number of rotatable bonds is 9. The molecule has 0 spiro atoms. The molecular weight excluding hydrogens is 570 g/mol. The van der Waals surface area contributed by atoms with Gasteiger partial charge in [-0.3, -0.25) is 9.69 Å². The first-order valence-electron chi connectivity index (χ1n) is 13.9. The van der Waals surface area contributed by atoms with E-state index in [2.05, 4.69) is 5.92 Å². The number of likely N-dealkylation sites (tertiary alicyclic amines) is 1. The predicted octanol–water partition coefficient (Wildman–Crippen LogP) is 4.04. The van der Waals surface area contributed by atoms with Crippen molar-refractivity contribution in [2.75, 3.05) is 13.1 Å². The molecule has 11 nitrogen and oxygen atoms in total. The van der Waals surface area contributed by atoms with Gasteiger partial charge in [0.15, 0.2) is 0 Å². The highest BCUT2D eigenvalue weighted by Gasteiger charge is 2.41. The van der Waals surface area contributed by atoms with Gasteiger partial charge in [0.1, 0.15) is 5.60 Å². The molecule has 0 unspecified atom stereocenters. The summed E-state index contributed by atoms with van der Waals surface area (Å²) in [5, 5.41) is 18.6. The minimum Gasteiger partial charge on any atom is -0.478 e. The molecular formula is C33H39NO10. The van der Waals surface area contributed by atoms with E-state index in [0.29, 0.717) is 0 Å². The van der Waals surface area contributed by atoms with Gasteiger partial charge in [-0.1, -0.05) is 41.3 Å². The summed E-state index contributed by atoms with van der Waals surface area (Å²) in [4.78, 5) is 61.1. The molecule has 2 aromatic carbocycles. The maximum absolute atomic E-state index is 12.2. The Balaban J connectivity index is 0.000000358. The Bertz CT molecular complexity index is 1310. The molecule has 11 heteroatoms. The summed E-state index contributed by atoms with van der Waals surface area (Å²) >= 11 is 0. The van der Waals surface area contributed by atoms with Crippen molar-refractivity contribution in [3.8, 4) is 12.3 Å². The van der Waals surface area contributed by atoms with Crippen molar-refractivity contribution in [2.45, 2.75) is 77.7 Å². The van der Waals surface area contributed by atoms with Crippen LogP contribution in [0.15, 0.2) is 48.5 Å². The fourth-order valence-corrected chi connectivity index (χ4v) is 4.20. The van der Waals surface area contributed by atoms with Crippen LogP contribution in [0.3, 0.4) is 0 Å². The molecule has 0 aromatic heterocycles. The Kier molecular flexibility index (Phi) is 12.2. The number of carboxylic acid groups (broad SMARTS) is 2. The zero-order valence-electron chi connectivity index (χ0n) is 25.8. The van der Waals surface area contributed by atoms with Crippen LogP contribution in [0, 0.1) is 26.2 Å². The number of terminal acetylenes is 1. The highest BCUT2D eigenvalue weighted by molar-refractivity contribution is 5.95. The van der Waals surface area contributed by atoms with Gasteiger partial charge in [-0.25, -0.2) is 19.2 Å². The van der Waals surface area contributed by atoms with E-state index in [1.165, 1.54) is 24.3 Å². The second kappa shape index (κ2) is 15.2. The van der Waals surface area contributed by atoms with E-state index in [1.54, 1.807) is 38.1 Å². The Morgan fingerprint density at radius 1 is 0.864 bits per heavy atom. The lowest BCUT2D eigenvalue weighted by atomic mass is 10.0. The SMILES string of the molecule is C#C[C@@]1(C)CCCN1CC(=O)OC(C)(C)C.Cc1ccc(C(=O)O[C@@H](C(=O)O)[C@@H](OC(=O)c2ccc(C)cc2)C(=O)O)cc1. The van der Waals surface area contributed by atoms with E-state index < -0.39 is 41.7 Å². The van der Waals surface area contributed by atoms with E-state index >= 15 is 0 Å². The molecule has 0 bridgehead atoms. The van der Waals surface area contributed by atoms with Gasteiger partial charge in [0.05, 0.1) is 23.2 Å². The Morgan fingerprint density at radius 3 is 1.61 bits per heavy atom. The fourth-order valence-electron chi connectivity index (χ4n) is 4.20. The van der Waals surface area contributed by atoms with Crippen molar-refractivity contribution in [1.29, 1.82) is 0 Å². The van der Waals surface area contributed by atoms with Gasteiger partial charge >= 0.3 is 29.8 Å². The summed E-state index contributed by atoms with van der Waals surface area (Å²) in [5.41, 5.74) is 1.08. The topological polar surface area (TPSA) is 157 Å². The maximum atomic E-state index is 12.2. The van der Waals surface area contributed by atoms with E-state index in [4.69, 9.17) is 20.6 Å². The van der Waals surface area contributed by atoms with Gasteiger partial charge in [-0.2, -0.15) is 0 Å². The molecule has 1 aliphatic heterocycles. The third-order valence-corrected chi connectivity index (χ3v) is 6.64. The Labute approximate surface area is 257 Å². The van der Waals surface area contributed by atoms with Crippen LogP contribution in [-0.2, 0) is 28.6 Å². The lowest BCUT2D eigenvalue weighted by Crippen LogP contribution is -2.45. The lowest BCUT2D eigenvalue weighted by Gasteiger charge is -2.30. The fraction of sp³-hybridized carbons (Fsp3) is 0.424. The number of aryl methyl sites for hydroxylation is 2. The average Bonchev–Trinajstić information content (AvgIpc) is 3.30. The van der Waals surface area contributed by atoms with E-state index in [-0.39, 0.29) is 29.2 Å². The number of carboxylic acids is 2. The van der Waals surface area contributed by atoms with Crippen LogP contribution in [-0.4, -0.2) is 81.4 Å². The Morgan fingerprint density at radius 2 is 1.27 bits per heavy atom. The number of benzene rings is 2. The third-order valence-electron chi connectivity index (χ3n) is 6.64. The van der Waals surface area contributed by atoms with Crippen molar-refractivity contribution in [3.63, 3.8) is 0 Å². The first-order chi connectivity index (χ1) is 20.5. The monoisotopic (exact) mass is 609 g/mol. The number of carbonyl (C=O) groups excluding carboxylic acids is 3. The molecule has 2 N–H and O–H groups in total. The van der Waals surface area contributed by atoms with Gasteiger partial charge in [0.2, 0.25) is 12.2 Å². The number of ether oxygens (including phenoxy) is 3. The van der Waals surface area contributed by atoms with Gasteiger partial charge in [0, 0.05) is 6.54 Å². The first kappa shape index (κ1) is 35.5. The van der Waals surface area contributed by atoms with Crippen molar-refractivity contribution in [3.05, 3.63) is 70.8 Å². The Hall–Kier alpha value is -4.69. The lowest BCUT2D eigenvalue weighted by molar-refractivity contribution is -0.166. The number of hydrogen-bond donors (Lipinski definition) is 2. The normalized spacial score (nSPS) is 17.6. The number of esters is 3. The van der Waals surface area contributed by atoms with Crippen LogP contribution >= 0.6 is 0 Å². The molecule has 1 aliphatic rings. The van der Waals surface area contributed by atoms with Crippen LogP contribution in [0.25, 0.3) is 0 Å².